The lowest BCUT2D eigenvalue weighted by atomic mass is 9.25. The molecule has 0 aromatic rings. The lowest BCUT2D eigenvalue weighted by Gasteiger charge is -2.76. The fourth-order valence-electron chi connectivity index (χ4n) is 5.08. The van der Waals surface area contributed by atoms with Gasteiger partial charge in [0.25, 0.3) is 0 Å². The number of fused-ring (bicyclic) bond motifs is 4. The van der Waals surface area contributed by atoms with Crippen LogP contribution in [0.15, 0.2) is 11.6 Å². The predicted octanol–water partition coefficient (Wildman–Crippen LogP) is 0.991. The quantitative estimate of drug-likeness (QED) is 0.558. The zero-order chi connectivity index (χ0) is 15.6. The van der Waals surface area contributed by atoms with Crippen LogP contribution < -0.4 is 0 Å². The van der Waals surface area contributed by atoms with Crippen LogP contribution in [0.5, 0.6) is 0 Å². The summed E-state index contributed by atoms with van der Waals surface area (Å²) in [5.41, 5.74) is -2.43. The molecule has 2 saturated carbocycles. The van der Waals surface area contributed by atoms with Gasteiger partial charge in [-0.25, -0.2) is 4.79 Å². The van der Waals surface area contributed by atoms with Crippen molar-refractivity contribution in [2.75, 3.05) is 14.2 Å². The second-order valence-corrected chi connectivity index (χ2v) is 6.21. The summed E-state index contributed by atoms with van der Waals surface area (Å²) >= 11 is 0. The molecule has 0 saturated heterocycles. The van der Waals surface area contributed by atoms with Crippen molar-refractivity contribution in [1.82, 2.24) is 0 Å². The van der Waals surface area contributed by atoms with Crippen molar-refractivity contribution in [3.8, 4) is 0 Å². The van der Waals surface area contributed by atoms with E-state index in [1.54, 1.807) is 13.8 Å². The topological polar surface area (TPSA) is 78.9 Å². The molecule has 2 aliphatic carbocycles. The molecule has 0 N–H and O–H groups in total. The van der Waals surface area contributed by atoms with Gasteiger partial charge in [-0.3, -0.25) is 9.59 Å². The highest BCUT2D eigenvalue weighted by Gasteiger charge is 2.92. The fraction of sp³-hybridized carbons (Fsp3) is 0.667. The Bertz CT molecular complexity index is 593. The monoisotopic (exact) mass is 294 g/mol. The van der Waals surface area contributed by atoms with Crippen LogP contribution in [0, 0.1) is 16.7 Å². The highest BCUT2D eigenvalue weighted by Crippen LogP contribution is 2.81. The van der Waals surface area contributed by atoms with E-state index in [0.717, 1.165) is 5.57 Å². The van der Waals surface area contributed by atoms with Crippen molar-refractivity contribution in [3.05, 3.63) is 11.6 Å². The number of hydrogen-bond donors (Lipinski definition) is 0. The largest absolute Gasteiger partial charge is 0.469 e. The van der Waals surface area contributed by atoms with Gasteiger partial charge in [0.15, 0.2) is 0 Å². The number of methoxy groups -OCH3 is 2. The van der Waals surface area contributed by atoms with Gasteiger partial charge < -0.3 is 14.2 Å². The molecule has 114 valence electrons. The van der Waals surface area contributed by atoms with Crippen molar-refractivity contribution >= 4 is 17.9 Å². The molecule has 0 aromatic carbocycles. The van der Waals surface area contributed by atoms with Gasteiger partial charge in [0.05, 0.1) is 19.6 Å². The molecule has 6 heteroatoms. The van der Waals surface area contributed by atoms with E-state index in [2.05, 4.69) is 0 Å². The Morgan fingerprint density at radius 3 is 2.33 bits per heavy atom. The maximum absolute atomic E-state index is 12.4. The van der Waals surface area contributed by atoms with E-state index >= 15 is 0 Å². The van der Waals surface area contributed by atoms with Crippen LogP contribution >= 0.6 is 0 Å². The molecular formula is C15H18O6. The first-order valence-electron chi connectivity index (χ1n) is 6.90. The summed E-state index contributed by atoms with van der Waals surface area (Å²) in [6.07, 6.45) is 2.36. The first-order chi connectivity index (χ1) is 9.81. The van der Waals surface area contributed by atoms with Gasteiger partial charge in [0.2, 0.25) is 0 Å². The van der Waals surface area contributed by atoms with Gasteiger partial charge >= 0.3 is 17.9 Å². The zero-order valence-corrected chi connectivity index (χ0v) is 12.5. The van der Waals surface area contributed by atoms with Crippen LogP contribution in [-0.4, -0.2) is 37.7 Å². The summed E-state index contributed by atoms with van der Waals surface area (Å²) in [4.78, 5) is 36.6. The molecule has 0 amide bonds. The van der Waals surface area contributed by atoms with Crippen molar-refractivity contribution in [2.45, 2.75) is 32.3 Å². The Hall–Kier alpha value is -1.85. The molecule has 0 aromatic heterocycles. The van der Waals surface area contributed by atoms with E-state index < -0.39 is 34.3 Å². The van der Waals surface area contributed by atoms with Crippen LogP contribution in [0.2, 0.25) is 0 Å². The Labute approximate surface area is 122 Å². The van der Waals surface area contributed by atoms with Crippen molar-refractivity contribution < 1.29 is 28.6 Å². The van der Waals surface area contributed by atoms with Crippen LogP contribution in [0.3, 0.4) is 0 Å². The van der Waals surface area contributed by atoms with Crippen molar-refractivity contribution in [1.29, 1.82) is 0 Å². The number of carbonyl (C=O) groups excluding carboxylic acids is 3. The van der Waals surface area contributed by atoms with Gasteiger partial charge in [0, 0.05) is 12.0 Å². The van der Waals surface area contributed by atoms with Gasteiger partial charge in [-0.2, -0.15) is 0 Å². The van der Waals surface area contributed by atoms with E-state index in [4.69, 9.17) is 14.2 Å². The summed E-state index contributed by atoms with van der Waals surface area (Å²) in [6, 6.07) is 0. The minimum atomic E-state index is -1.14. The molecule has 1 heterocycles. The third-order valence-corrected chi connectivity index (χ3v) is 5.74. The van der Waals surface area contributed by atoms with Gasteiger partial charge in [-0.15, -0.1) is 0 Å². The van der Waals surface area contributed by atoms with E-state index in [0.29, 0.717) is 12.8 Å². The maximum atomic E-state index is 12.4. The van der Waals surface area contributed by atoms with Crippen molar-refractivity contribution in [2.24, 2.45) is 16.7 Å². The first-order valence-corrected chi connectivity index (χ1v) is 6.90. The second-order valence-electron chi connectivity index (χ2n) is 6.21. The number of ether oxygens (including phenoxy) is 3. The lowest BCUT2D eigenvalue weighted by Crippen LogP contribution is -2.87. The van der Waals surface area contributed by atoms with Gasteiger partial charge in [-0.1, -0.05) is 5.57 Å². The molecule has 21 heavy (non-hydrogen) atoms. The molecule has 3 aliphatic rings. The maximum Gasteiger partial charge on any atom is 0.331 e. The summed E-state index contributed by atoms with van der Waals surface area (Å²) in [7, 11) is 2.59. The summed E-state index contributed by atoms with van der Waals surface area (Å²) in [5.74, 6) is -1.78. The Kier molecular flexibility index (Phi) is 2.60. The molecular weight excluding hydrogens is 276 g/mol. The fourth-order valence-corrected chi connectivity index (χ4v) is 5.08. The lowest BCUT2D eigenvalue weighted by molar-refractivity contribution is -0.340. The summed E-state index contributed by atoms with van der Waals surface area (Å²) in [5, 5.41) is 0. The Morgan fingerprint density at radius 2 is 1.86 bits per heavy atom. The molecule has 3 rings (SSSR count). The SMILES string of the molecule is COC(=O)[C@@]12CC[C@]1(C(=O)OC)C1C(C)=CC(=O)O[C@@]12C. The van der Waals surface area contributed by atoms with E-state index in [-0.39, 0.29) is 5.92 Å². The molecule has 0 radical (unpaired) electrons. The third kappa shape index (κ3) is 1.15. The highest BCUT2D eigenvalue weighted by molar-refractivity contribution is 5.98. The summed E-state index contributed by atoms with van der Waals surface area (Å²) in [6.45, 7) is 3.50. The Morgan fingerprint density at radius 1 is 1.24 bits per heavy atom. The smallest absolute Gasteiger partial charge is 0.331 e. The normalized spacial score (nSPS) is 43.1. The minimum Gasteiger partial charge on any atom is -0.469 e. The number of hydrogen-bond acceptors (Lipinski definition) is 6. The molecule has 2 fully saturated rings. The van der Waals surface area contributed by atoms with Crippen LogP contribution in [0.25, 0.3) is 0 Å². The van der Waals surface area contributed by atoms with E-state index in [1.165, 1.54) is 20.3 Å². The Balaban J connectivity index is 2.20. The van der Waals surface area contributed by atoms with E-state index in [9.17, 15) is 14.4 Å². The molecule has 1 aliphatic heterocycles. The minimum absolute atomic E-state index is 0.344. The summed E-state index contributed by atoms with van der Waals surface area (Å²) < 4.78 is 15.4. The number of carbonyl (C=O) groups is 3. The standard InChI is InChI=1S/C15H18O6/c1-8-7-9(16)21-13(2)10(8)14(11(17)19-3)5-6-15(13,14)12(18)20-4/h7,10H,5-6H2,1-4H3/t10?,13-,14+,15+/m0/s1. The molecule has 1 unspecified atom stereocenters. The van der Waals surface area contributed by atoms with Crippen LogP contribution in [-0.2, 0) is 28.6 Å². The number of rotatable bonds is 2. The van der Waals surface area contributed by atoms with Crippen LogP contribution in [0.1, 0.15) is 26.7 Å². The average Bonchev–Trinajstić information content (AvgIpc) is 2.40. The van der Waals surface area contributed by atoms with Crippen LogP contribution in [0.4, 0.5) is 0 Å². The average molecular weight is 294 g/mol. The zero-order valence-electron chi connectivity index (χ0n) is 12.5. The molecule has 0 spiro atoms. The molecule has 6 nitrogen and oxygen atoms in total. The van der Waals surface area contributed by atoms with Gasteiger partial charge in [0.1, 0.15) is 11.0 Å². The van der Waals surface area contributed by atoms with E-state index in [1.807, 2.05) is 0 Å². The first kappa shape index (κ1) is 14.1. The number of esters is 3. The molecule has 0 bridgehead atoms. The molecule has 4 atom stereocenters. The van der Waals surface area contributed by atoms with Gasteiger partial charge in [-0.05, 0) is 26.7 Å². The predicted molar refractivity (Wildman–Crippen MR) is 69.9 cm³/mol. The third-order valence-electron chi connectivity index (χ3n) is 5.74. The highest BCUT2D eigenvalue weighted by atomic mass is 16.6. The second kappa shape index (κ2) is 3.87. The van der Waals surface area contributed by atoms with Crippen molar-refractivity contribution in [3.63, 3.8) is 0 Å².